The summed E-state index contributed by atoms with van der Waals surface area (Å²) in [5.74, 6) is 0.424. The number of aromatic nitrogens is 1. The van der Waals surface area contributed by atoms with Crippen LogP contribution in [0.2, 0.25) is 0 Å². The average Bonchev–Trinajstić information content (AvgIpc) is 3.34. The molecule has 1 aliphatic carbocycles. The van der Waals surface area contributed by atoms with Gasteiger partial charge in [-0.25, -0.2) is 4.98 Å². The van der Waals surface area contributed by atoms with Crippen LogP contribution in [0.3, 0.4) is 0 Å². The minimum Gasteiger partial charge on any atom is -0.449 e. The Morgan fingerprint density at radius 1 is 1.12 bits per heavy atom. The number of carbonyl (C=O) groups is 3. The Labute approximate surface area is 248 Å². The molecule has 0 spiro atoms. The third-order valence-electron chi connectivity index (χ3n) is 9.27. The third-order valence-corrected chi connectivity index (χ3v) is 11.4. The number of fused-ring (bicyclic) bond motifs is 3. The summed E-state index contributed by atoms with van der Waals surface area (Å²) in [5.41, 5.74) is -5.22. The van der Waals surface area contributed by atoms with E-state index in [9.17, 15) is 27.7 Å². The van der Waals surface area contributed by atoms with Gasteiger partial charge in [0.2, 0.25) is 17.7 Å². The number of halogens is 2. The molecule has 1 aromatic carbocycles. The molecular weight excluding hydrogens is 605 g/mol. The maximum Gasteiger partial charge on any atom is 0.399 e. The average molecular weight is 635 g/mol. The summed E-state index contributed by atoms with van der Waals surface area (Å²) in [5, 5.41) is 3.09. The number of rotatable bonds is 6. The monoisotopic (exact) mass is 634 g/mol. The molecule has 3 aromatic rings. The molecule has 5 heterocycles. The van der Waals surface area contributed by atoms with Gasteiger partial charge in [0.05, 0.1) is 17.0 Å². The maximum absolute atomic E-state index is 14.3. The predicted molar refractivity (Wildman–Crippen MR) is 149 cm³/mol. The van der Waals surface area contributed by atoms with Crippen LogP contribution in [0.15, 0.2) is 41.1 Å². The molecule has 0 unspecified atom stereocenters. The van der Waals surface area contributed by atoms with Crippen molar-refractivity contribution in [3.05, 3.63) is 53.1 Å². The van der Waals surface area contributed by atoms with Crippen molar-refractivity contribution in [2.75, 3.05) is 13.1 Å². The number of hydrogen-bond acceptors (Lipinski definition) is 7. The van der Waals surface area contributed by atoms with E-state index >= 15 is 0 Å². The molecule has 4 fully saturated rings. The molecule has 3 amide bonds. The molecule has 11 nitrogen and oxygen atoms in total. The molecule has 7 rings (SSSR count). The van der Waals surface area contributed by atoms with Crippen LogP contribution >= 0.6 is 18.9 Å². The number of nitrogens with zero attached hydrogens (tertiary/aromatic N) is 3. The van der Waals surface area contributed by atoms with Gasteiger partial charge in [-0.2, -0.15) is 8.78 Å². The van der Waals surface area contributed by atoms with Crippen LogP contribution in [0.1, 0.15) is 59.1 Å². The van der Waals surface area contributed by atoms with Crippen molar-refractivity contribution in [2.24, 2.45) is 11.8 Å². The Bertz CT molecular complexity index is 1650. The molecule has 0 radical (unpaired) electrons. The van der Waals surface area contributed by atoms with E-state index in [1.807, 2.05) is 0 Å². The number of thiophene rings is 1. The van der Waals surface area contributed by atoms with Crippen LogP contribution in [0.4, 0.5) is 8.78 Å². The zero-order valence-corrected chi connectivity index (χ0v) is 24.5. The van der Waals surface area contributed by atoms with Crippen LogP contribution in [-0.4, -0.2) is 73.5 Å². The van der Waals surface area contributed by atoms with Gasteiger partial charge in [-0.15, -0.1) is 11.3 Å². The molecule has 1 saturated carbocycles. The van der Waals surface area contributed by atoms with E-state index in [2.05, 4.69) is 10.3 Å². The fraction of sp³-hybridized carbons (Fsp3) is 0.500. The van der Waals surface area contributed by atoms with Crippen LogP contribution in [0, 0.1) is 11.8 Å². The molecule has 228 valence electrons. The molecule has 4 aliphatic rings. The molecule has 3 N–H and O–H groups in total. The summed E-state index contributed by atoms with van der Waals surface area (Å²) in [6, 6.07) is 3.05. The van der Waals surface area contributed by atoms with Gasteiger partial charge in [-0.3, -0.25) is 18.9 Å². The SMILES string of the molecule is O=C(N[C@H]1C[C@@H]2C[C@@H]2C[C@H]2CC[C@@H](C(=O)N3CC(c4ncco4)C3)N2C1=O)c1cc2cc(C(F)(F)P(=O)(O)O)ccc2s1. The van der Waals surface area contributed by atoms with Gasteiger partial charge in [0.1, 0.15) is 18.3 Å². The lowest BCUT2D eigenvalue weighted by molar-refractivity contribution is -0.150. The molecular formula is C28H29F2N4O7PS. The van der Waals surface area contributed by atoms with Crippen molar-refractivity contribution in [3.8, 4) is 0 Å². The Hall–Kier alpha value is -3.19. The van der Waals surface area contributed by atoms with Crippen molar-refractivity contribution in [1.29, 1.82) is 0 Å². The van der Waals surface area contributed by atoms with E-state index in [4.69, 9.17) is 14.2 Å². The molecule has 0 bridgehead atoms. The minimum atomic E-state index is -5.75. The Kier molecular flexibility index (Phi) is 6.77. The fourth-order valence-corrected chi connectivity index (χ4v) is 8.25. The van der Waals surface area contributed by atoms with E-state index in [0.29, 0.717) is 48.4 Å². The summed E-state index contributed by atoms with van der Waals surface area (Å²) in [7, 11) is -5.75. The molecule has 43 heavy (non-hydrogen) atoms. The van der Waals surface area contributed by atoms with E-state index < -0.39 is 36.8 Å². The zero-order valence-electron chi connectivity index (χ0n) is 22.8. The summed E-state index contributed by atoms with van der Waals surface area (Å²) >= 11 is 1.03. The van der Waals surface area contributed by atoms with Crippen LogP contribution < -0.4 is 5.32 Å². The topological polar surface area (TPSA) is 153 Å². The van der Waals surface area contributed by atoms with Gasteiger partial charge in [-0.1, -0.05) is 6.07 Å². The van der Waals surface area contributed by atoms with Crippen LogP contribution in [0.25, 0.3) is 10.1 Å². The normalized spacial score (nSPS) is 27.7. The first-order valence-corrected chi connectivity index (χ1v) is 16.6. The van der Waals surface area contributed by atoms with E-state index in [0.717, 1.165) is 42.7 Å². The van der Waals surface area contributed by atoms with Gasteiger partial charge < -0.3 is 29.3 Å². The predicted octanol–water partition coefficient (Wildman–Crippen LogP) is 3.63. The first kappa shape index (κ1) is 28.6. The lowest BCUT2D eigenvalue weighted by Crippen LogP contribution is -2.59. The highest BCUT2D eigenvalue weighted by atomic mass is 32.1. The van der Waals surface area contributed by atoms with E-state index in [1.54, 1.807) is 16.0 Å². The zero-order chi connectivity index (χ0) is 30.3. The quantitative estimate of drug-likeness (QED) is 0.348. The van der Waals surface area contributed by atoms with Gasteiger partial charge >= 0.3 is 13.3 Å². The second-order valence-corrected chi connectivity index (χ2v) is 14.7. The van der Waals surface area contributed by atoms with Crippen molar-refractivity contribution < 1.29 is 41.9 Å². The number of hydrogen-bond donors (Lipinski definition) is 3. The molecule has 15 heteroatoms. The summed E-state index contributed by atoms with van der Waals surface area (Å²) in [6.45, 7) is 0.947. The highest BCUT2D eigenvalue weighted by Gasteiger charge is 2.53. The smallest absolute Gasteiger partial charge is 0.399 e. The standard InChI is InChI=1S/C28H29F2N4O7PS/c29-28(30,42(38,39)40)18-1-4-22-16(8-18)11-23(43-22)24(35)32-20-10-15-7-14(15)9-19-2-3-21(34(19)26(20)36)27(37)33-12-17(13-33)25-31-5-6-41-25/h1,4-6,8,11,14-15,17,19-21H,2-3,7,9-10,12-13H2,(H,32,35)(H2,38,39,40)/t14-,15+,19-,20+,21+/m1/s1. The molecule has 2 aromatic heterocycles. The van der Waals surface area contributed by atoms with Gasteiger partial charge in [-0.05, 0) is 67.5 Å². The van der Waals surface area contributed by atoms with Gasteiger partial charge in [0, 0.05) is 29.4 Å². The summed E-state index contributed by atoms with van der Waals surface area (Å²) < 4.78 is 45.7. The van der Waals surface area contributed by atoms with Crippen molar-refractivity contribution in [1.82, 2.24) is 20.1 Å². The van der Waals surface area contributed by atoms with E-state index in [-0.39, 0.29) is 34.0 Å². The van der Waals surface area contributed by atoms with Crippen molar-refractivity contribution in [3.63, 3.8) is 0 Å². The van der Waals surface area contributed by atoms with Crippen molar-refractivity contribution >= 4 is 46.7 Å². The largest absolute Gasteiger partial charge is 0.449 e. The molecule has 5 atom stereocenters. The lowest BCUT2D eigenvalue weighted by Gasteiger charge is -2.42. The number of carbonyl (C=O) groups excluding carboxylic acids is 3. The Balaban J connectivity index is 1.08. The van der Waals surface area contributed by atoms with Gasteiger partial charge in [0.15, 0.2) is 0 Å². The number of nitrogens with one attached hydrogen (secondary N) is 1. The second-order valence-electron chi connectivity index (χ2n) is 12.0. The van der Waals surface area contributed by atoms with Crippen LogP contribution in [-0.2, 0) is 19.8 Å². The van der Waals surface area contributed by atoms with E-state index in [1.165, 1.54) is 18.4 Å². The maximum atomic E-state index is 14.3. The lowest BCUT2D eigenvalue weighted by atomic mass is 9.97. The second kappa shape index (κ2) is 10.2. The molecule has 3 saturated heterocycles. The number of benzene rings is 1. The number of oxazole rings is 1. The number of likely N-dealkylation sites (tertiary alicyclic amines) is 1. The third kappa shape index (κ3) is 4.98. The molecule has 3 aliphatic heterocycles. The van der Waals surface area contributed by atoms with Crippen molar-refractivity contribution in [2.45, 2.75) is 61.8 Å². The fourth-order valence-electron chi connectivity index (χ4n) is 6.83. The first-order chi connectivity index (χ1) is 20.4. The summed E-state index contributed by atoms with van der Waals surface area (Å²) in [6.07, 6.45) is 6.62. The highest BCUT2D eigenvalue weighted by molar-refractivity contribution is 7.52. The number of amides is 3. The minimum absolute atomic E-state index is 0.0267. The Morgan fingerprint density at radius 3 is 2.60 bits per heavy atom. The number of alkyl halides is 2. The highest BCUT2D eigenvalue weighted by Crippen LogP contribution is 2.59. The van der Waals surface area contributed by atoms with Crippen LogP contribution in [0.5, 0.6) is 0 Å². The Morgan fingerprint density at radius 2 is 1.88 bits per heavy atom. The van der Waals surface area contributed by atoms with Gasteiger partial charge in [0.25, 0.3) is 5.91 Å². The first-order valence-electron chi connectivity index (χ1n) is 14.2. The summed E-state index contributed by atoms with van der Waals surface area (Å²) in [4.78, 5) is 66.8.